The van der Waals surface area contributed by atoms with Gasteiger partial charge in [0.05, 0.1) is 28.0 Å². The summed E-state index contributed by atoms with van der Waals surface area (Å²) in [5.41, 5.74) is 8.92. The number of anilines is 1. The molecule has 0 aliphatic carbocycles. The van der Waals surface area contributed by atoms with Gasteiger partial charge in [0.2, 0.25) is 0 Å². The highest BCUT2D eigenvalue weighted by Crippen LogP contribution is 2.26. The summed E-state index contributed by atoms with van der Waals surface area (Å²) in [6.07, 6.45) is -1.29. The molecule has 0 saturated carbocycles. The van der Waals surface area contributed by atoms with E-state index in [0.717, 1.165) is 16.6 Å². The number of hydrogen-bond donors (Lipinski definition) is 2. The van der Waals surface area contributed by atoms with Crippen LogP contribution in [-0.4, -0.2) is 51.2 Å². The highest BCUT2D eigenvalue weighted by molar-refractivity contribution is 6.33. The summed E-state index contributed by atoms with van der Waals surface area (Å²) < 4.78 is 12.9. The number of ether oxygens (including phenoxy) is 2. The van der Waals surface area contributed by atoms with Gasteiger partial charge in [0.25, 0.3) is 0 Å². The van der Waals surface area contributed by atoms with Crippen molar-refractivity contribution < 1.29 is 19.4 Å². The second kappa shape index (κ2) is 12.1. The van der Waals surface area contributed by atoms with Crippen LogP contribution in [0.5, 0.6) is 5.75 Å². The fourth-order valence-corrected chi connectivity index (χ4v) is 4.39. The summed E-state index contributed by atoms with van der Waals surface area (Å²) in [5.74, 6) is 0.609. The molecule has 206 valence electrons. The quantitative estimate of drug-likeness (QED) is 0.247. The van der Waals surface area contributed by atoms with Gasteiger partial charge in [-0.05, 0) is 63.1 Å². The van der Waals surface area contributed by atoms with Crippen LogP contribution < -0.4 is 10.5 Å². The van der Waals surface area contributed by atoms with E-state index in [1.807, 2.05) is 58.0 Å². The number of nitrogens with two attached hydrogens (primary N) is 1. The molecule has 0 aliphatic rings. The average molecular weight is 551 g/mol. The van der Waals surface area contributed by atoms with Crippen molar-refractivity contribution in [3.63, 3.8) is 0 Å². The standard InChI is InChI=1S/C30H35ClN4O4/c1-20-24-12-11-23(17-27(24)35(33-20)29(37)39-30(2,3)4)38-15-14-34(18-21-8-6-5-7-9-21)19-28(36)22-10-13-25(31)26(32)16-22/h5-13,16-17,28,36H,14-15,18-19,32H2,1-4H3. The monoisotopic (exact) mass is 550 g/mol. The first-order chi connectivity index (χ1) is 18.5. The van der Waals surface area contributed by atoms with Crippen molar-refractivity contribution >= 4 is 34.3 Å². The number of carbonyl (C=O) groups excluding carboxylic acids is 1. The number of hydrogen-bond acceptors (Lipinski definition) is 7. The highest BCUT2D eigenvalue weighted by atomic mass is 35.5. The Bertz CT molecular complexity index is 1430. The van der Waals surface area contributed by atoms with Gasteiger partial charge < -0.3 is 20.3 Å². The first-order valence-corrected chi connectivity index (χ1v) is 13.2. The van der Waals surface area contributed by atoms with Crippen molar-refractivity contribution in [2.24, 2.45) is 0 Å². The molecule has 1 aromatic heterocycles. The Hall–Kier alpha value is -3.59. The molecule has 0 fully saturated rings. The number of nitrogen functional groups attached to an aromatic ring is 1. The third-order valence-corrected chi connectivity index (χ3v) is 6.51. The molecule has 0 spiro atoms. The number of fused-ring (bicyclic) bond motifs is 1. The Balaban J connectivity index is 1.47. The normalized spacial score (nSPS) is 12.6. The van der Waals surface area contributed by atoms with E-state index in [-0.39, 0.29) is 0 Å². The minimum absolute atomic E-state index is 0.368. The van der Waals surface area contributed by atoms with Gasteiger partial charge in [-0.25, -0.2) is 4.79 Å². The molecule has 0 aliphatic heterocycles. The van der Waals surface area contributed by atoms with Crippen molar-refractivity contribution in [1.82, 2.24) is 14.7 Å². The van der Waals surface area contributed by atoms with Crippen LogP contribution in [-0.2, 0) is 11.3 Å². The largest absolute Gasteiger partial charge is 0.492 e. The molecule has 1 unspecified atom stereocenters. The molecule has 4 aromatic rings. The molecule has 3 aromatic carbocycles. The van der Waals surface area contributed by atoms with E-state index in [1.165, 1.54) is 4.68 Å². The molecule has 0 saturated heterocycles. The third-order valence-electron chi connectivity index (χ3n) is 6.16. The molecular formula is C30H35ClN4O4. The summed E-state index contributed by atoms with van der Waals surface area (Å²) >= 11 is 6.05. The van der Waals surface area contributed by atoms with Crippen LogP contribution in [0.2, 0.25) is 5.02 Å². The Labute approximate surface area is 233 Å². The van der Waals surface area contributed by atoms with Crippen molar-refractivity contribution in [2.45, 2.75) is 45.9 Å². The molecule has 39 heavy (non-hydrogen) atoms. The zero-order valence-electron chi connectivity index (χ0n) is 22.7. The Morgan fingerprint density at radius 1 is 1.13 bits per heavy atom. The number of carbonyl (C=O) groups is 1. The second-order valence-corrected chi connectivity index (χ2v) is 10.9. The molecule has 9 heteroatoms. The Morgan fingerprint density at radius 2 is 1.87 bits per heavy atom. The van der Waals surface area contributed by atoms with Crippen LogP contribution in [0.15, 0.2) is 66.7 Å². The van der Waals surface area contributed by atoms with E-state index >= 15 is 0 Å². The van der Waals surface area contributed by atoms with Gasteiger partial charge in [0.15, 0.2) is 0 Å². The molecule has 1 heterocycles. The van der Waals surface area contributed by atoms with E-state index in [2.05, 4.69) is 22.1 Å². The van der Waals surface area contributed by atoms with Crippen LogP contribution >= 0.6 is 11.6 Å². The number of halogens is 1. The summed E-state index contributed by atoms with van der Waals surface area (Å²) in [6, 6.07) is 20.8. The lowest BCUT2D eigenvalue weighted by molar-refractivity contribution is 0.0522. The number of aromatic nitrogens is 2. The second-order valence-electron chi connectivity index (χ2n) is 10.5. The van der Waals surface area contributed by atoms with Gasteiger partial charge in [0.1, 0.15) is 18.0 Å². The lowest BCUT2D eigenvalue weighted by Gasteiger charge is -2.25. The summed E-state index contributed by atoms with van der Waals surface area (Å²) in [7, 11) is 0. The molecule has 4 rings (SSSR count). The van der Waals surface area contributed by atoms with E-state index in [4.69, 9.17) is 26.8 Å². The average Bonchev–Trinajstić information content (AvgIpc) is 3.21. The minimum atomic E-state index is -0.754. The van der Waals surface area contributed by atoms with Crippen molar-refractivity contribution in [2.75, 3.05) is 25.4 Å². The van der Waals surface area contributed by atoms with E-state index in [9.17, 15) is 9.90 Å². The lowest BCUT2D eigenvalue weighted by atomic mass is 10.1. The first kappa shape index (κ1) is 28.4. The Kier molecular flexibility index (Phi) is 8.80. The maximum Gasteiger partial charge on any atom is 0.435 e. The number of aliphatic hydroxyl groups is 1. The summed E-state index contributed by atoms with van der Waals surface area (Å²) in [4.78, 5) is 14.9. The van der Waals surface area contributed by atoms with Gasteiger partial charge in [0, 0.05) is 31.1 Å². The molecule has 0 bridgehead atoms. The molecule has 0 amide bonds. The maximum absolute atomic E-state index is 12.7. The first-order valence-electron chi connectivity index (χ1n) is 12.8. The van der Waals surface area contributed by atoms with E-state index in [0.29, 0.717) is 53.8 Å². The maximum atomic E-state index is 12.7. The Morgan fingerprint density at radius 3 is 2.56 bits per heavy atom. The number of aryl methyl sites for hydroxylation is 1. The number of aliphatic hydroxyl groups excluding tert-OH is 1. The zero-order valence-corrected chi connectivity index (χ0v) is 23.5. The van der Waals surface area contributed by atoms with Crippen molar-refractivity contribution in [1.29, 1.82) is 0 Å². The number of benzene rings is 3. The third kappa shape index (κ3) is 7.50. The SMILES string of the molecule is Cc1nn(C(=O)OC(C)(C)C)c2cc(OCCN(Cc3ccccc3)CC(O)c3ccc(Cl)c(N)c3)ccc12. The van der Waals surface area contributed by atoms with Gasteiger partial charge in [-0.3, -0.25) is 4.90 Å². The van der Waals surface area contributed by atoms with Crippen molar-refractivity contribution in [3.05, 3.63) is 88.6 Å². The zero-order chi connectivity index (χ0) is 28.2. The van der Waals surface area contributed by atoms with E-state index < -0.39 is 17.8 Å². The molecule has 0 radical (unpaired) electrons. The summed E-state index contributed by atoms with van der Waals surface area (Å²) in [5, 5.41) is 16.6. The summed E-state index contributed by atoms with van der Waals surface area (Å²) in [6.45, 7) is 9.24. The predicted octanol–water partition coefficient (Wildman–Crippen LogP) is 5.98. The molecule has 3 N–H and O–H groups in total. The van der Waals surface area contributed by atoms with E-state index in [1.54, 1.807) is 24.3 Å². The van der Waals surface area contributed by atoms with Crippen LogP contribution in [0.3, 0.4) is 0 Å². The molecular weight excluding hydrogens is 516 g/mol. The number of rotatable bonds is 9. The van der Waals surface area contributed by atoms with Crippen LogP contribution in [0, 0.1) is 6.92 Å². The van der Waals surface area contributed by atoms with Crippen LogP contribution in [0.4, 0.5) is 10.5 Å². The molecule has 1 atom stereocenters. The smallest absolute Gasteiger partial charge is 0.435 e. The fourth-order valence-electron chi connectivity index (χ4n) is 4.27. The lowest BCUT2D eigenvalue weighted by Crippen LogP contribution is -2.32. The van der Waals surface area contributed by atoms with Crippen LogP contribution in [0.25, 0.3) is 10.9 Å². The fraction of sp³-hybridized carbons (Fsp3) is 0.333. The minimum Gasteiger partial charge on any atom is -0.492 e. The highest BCUT2D eigenvalue weighted by Gasteiger charge is 2.22. The number of nitrogens with zero attached hydrogens (tertiary/aromatic N) is 3. The van der Waals surface area contributed by atoms with Crippen molar-refractivity contribution in [3.8, 4) is 5.75 Å². The van der Waals surface area contributed by atoms with Crippen LogP contribution in [0.1, 0.15) is 43.7 Å². The van der Waals surface area contributed by atoms with Gasteiger partial charge >= 0.3 is 6.09 Å². The van der Waals surface area contributed by atoms with Gasteiger partial charge in [-0.1, -0.05) is 48.0 Å². The predicted molar refractivity (Wildman–Crippen MR) is 154 cm³/mol. The van der Waals surface area contributed by atoms with Gasteiger partial charge in [-0.2, -0.15) is 9.78 Å². The molecule has 8 nitrogen and oxygen atoms in total. The van der Waals surface area contributed by atoms with Gasteiger partial charge in [-0.15, -0.1) is 0 Å². The topological polar surface area (TPSA) is 103 Å².